The molecule has 7 nitrogen and oxygen atoms in total. The van der Waals surface area contributed by atoms with Crippen molar-refractivity contribution < 1.29 is 14.0 Å². The first-order valence-corrected chi connectivity index (χ1v) is 9.47. The maximum absolute atomic E-state index is 13.3. The Balaban J connectivity index is 1.55. The number of hydrogen-bond donors (Lipinski definition) is 1. The summed E-state index contributed by atoms with van der Waals surface area (Å²) >= 11 is 0. The molecule has 1 aliphatic rings. The molecule has 0 aliphatic carbocycles. The molecule has 0 fully saturated rings. The molecule has 1 aliphatic heterocycles. The number of benzene rings is 2. The number of fused-ring (bicyclic) bond motifs is 1. The normalized spacial score (nSPS) is 15.0. The van der Waals surface area contributed by atoms with E-state index in [9.17, 15) is 18.8 Å². The first-order chi connectivity index (χ1) is 14.4. The van der Waals surface area contributed by atoms with E-state index in [4.69, 9.17) is 0 Å². The highest BCUT2D eigenvalue weighted by Crippen LogP contribution is 2.32. The first-order valence-electron chi connectivity index (χ1n) is 9.47. The third-order valence-corrected chi connectivity index (χ3v) is 4.91. The fourth-order valence-corrected chi connectivity index (χ4v) is 3.58. The van der Waals surface area contributed by atoms with Gasteiger partial charge in [0.2, 0.25) is 5.91 Å². The van der Waals surface area contributed by atoms with Crippen LogP contribution < -0.4 is 15.8 Å². The molecule has 152 valence electrons. The molecule has 1 atom stereocenters. The summed E-state index contributed by atoms with van der Waals surface area (Å²) in [5.41, 5.74) is 1.70. The minimum absolute atomic E-state index is 0.0478. The Morgan fingerprint density at radius 2 is 1.93 bits per heavy atom. The van der Waals surface area contributed by atoms with Crippen LogP contribution in [-0.2, 0) is 17.8 Å². The van der Waals surface area contributed by atoms with Crippen molar-refractivity contribution in [3.8, 4) is 0 Å². The lowest BCUT2D eigenvalue weighted by Gasteiger charge is -2.22. The highest BCUT2D eigenvalue weighted by molar-refractivity contribution is 6.06. The molecule has 2 amide bonds. The van der Waals surface area contributed by atoms with Gasteiger partial charge < -0.3 is 10.2 Å². The van der Waals surface area contributed by atoms with Crippen LogP contribution in [0.4, 0.5) is 15.8 Å². The van der Waals surface area contributed by atoms with E-state index in [1.54, 1.807) is 4.90 Å². The van der Waals surface area contributed by atoms with E-state index in [0.29, 0.717) is 0 Å². The summed E-state index contributed by atoms with van der Waals surface area (Å²) in [4.78, 5) is 39.2. The van der Waals surface area contributed by atoms with E-state index in [-0.39, 0.29) is 23.3 Å². The van der Waals surface area contributed by atoms with Gasteiger partial charge in [-0.05, 0) is 49.2 Å². The second-order valence-electron chi connectivity index (χ2n) is 7.13. The minimum atomic E-state index is -0.556. The lowest BCUT2D eigenvalue weighted by Crippen LogP contribution is -2.38. The van der Waals surface area contributed by atoms with Gasteiger partial charge in [0, 0.05) is 23.5 Å². The summed E-state index contributed by atoms with van der Waals surface area (Å²) in [5.74, 6) is -1.39. The second kappa shape index (κ2) is 7.90. The molecule has 2 aromatic carbocycles. The molecule has 0 bridgehead atoms. The number of halogens is 1. The number of anilines is 2. The summed E-state index contributed by atoms with van der Waals surface area (Å²) < 4.78 is 14.2. The molecule has 0 unspecified atom stereocenters. The van der Waals surface area contributed by atoms with E-state index < -0.39 is 23.8 Å². The van der Waals surface area contributed by atoms with Crippen LogP contribution in [0.15, 0.2) is 65.5 Å². The van der Waals surface area contributed by atoms with E-state index in [0.717, 1.165) is 22.4 Å². The number of hydrogen-bond acceptors (Lipinski definition) is 4. The van der Waals surface area contributed by atoms with Crippen molar-refractivity contribution >= 4 is 23.2 Å². The van der Waals surface area contributed by atoms with Crippen LogP contribution in [-0.4, -0.2) is 27.6 Å². The number of nitrogens with one attached hydrogen (secondary N) is 1. The Morgan fingerprint density at radius 3 is 2.73 bits per heavy atom. The van der Waals surface area contributed by atoms with Crippen molar-refractivity contribution in [1.29, 1.82) is 0 Å². The zero-order valence-electron chi connectivity index (χ0n) is 16.2. The quantitative estimate of drug-likeness (QED) is 0.722. The molecule has 0 spiro atoms. The fourth-order valence-electron chi connectivity index (χ4n) is 3.58. The zero-order chi connectivity index (χ0) is 21.3. The number of aromatic nitrogens is 2. The largest absolute Gasteiger partial charge is 0.324 e. The molecular weight excluding hydrogens is 387 g/mol. The predicted molar refractivity (Wildman–Crippen MR) is 110 cm³/mol. The van der Waals surface area contributed by atoms with Crippen molar-refractivity contribution in [1.82, 2.24) is 9.78 Å². The van der Waals surface area contributed by atoms with E-state index in [1.165, 1.54) is 36.4 Å². The third-order valence-electron chi connectivity index (χ3n) is 4.91. The number of carbonyl (C=O) groups excluding carboxylic acids is 2. The van der Waals surface area contributed by atoms with Crippen LogP contribution >= 0.6 is 0 Å². The van der Waals surface area contributed by atoms with Crippen molar-refractivity contribution in [3.63, 3.8) is 0 Å². The van der Waals surface area contributed by atoms with Gasteiger partial charge >= 0.3 is 0 Å². The van der Waals surface area contributed by atoms with Crippen LogP contribution in [0.5, 0.6) is 0 Å². The van der Waals surface area contributed by atoms with Crippen molar-refractivity contribution in [3.05, 3.63) is 88.1 Å². The first kappa shape index (κ1) is 19.5. The predicted octanol–water partition coefficient (Wildman–Crippen LogP) is 2.61. The number of amides is 2. The van der Waals surface area contributed by atoms with E-state index in [1.807, 2.05) is 31.2 Å². The molecule has 8 heteroatoms. The van der Waals surface area contributed by atoms with E-state index in [2.05, 4.69) is 10.4 Å². The van der Waals surface area contributed by atoms with Gasteiger partial charge in [-0.3, -0.25) is 14.4 Å². The highest BCUT2D eigenvalue weighted by Gasteiger charge is 2.32. The fraction of sp³-hybridized carbons (Fsp3) is 0.182. The molecule has 0 saturated carbocycles. The Hall–Kier alpha value is -3.81. The molecule has 4 rings (SSSR count). The topological polar surface area (TPSA) is 84.3 Å². The highest BCUT2D eigenvalue weighted by atomic mass is 19.1. The SMILES string of the molecule is C[C@H]1Cc2ccccc2N1C(=O)c1ccc(=O)n(CC(=O)Nc2cccc(F)c2)n1. The van der Waals surface area contributed by atoms with Crippen LogP contribution in [0.2, 0.25) is 0 Å². The van der Waals surface area contributed by atoms with Crippen LogP contribution in [0.3, 0.4) is 0 Å². The lowest BCUT2D eigenvalue weighted by atomic mass is 10.1. The Bertz CT molecular complexity index is 1190. The maximum Gasteiger partial charge on any atom is 0.278 e. The molecule has 3 aromatic rings. The van der Waals surface area contributed by atoms with Crippen LogP contribution in [0.1, 0.15) is 23.0 Å². The lowest BCUT2D eigenvalue weighted by molar-refractivity contribution is -0.117. The maximum atomic E-state index is 13.3. The van der Waals surface area contributed by atoms with Gasteiger partial charge in [-0.15, -0.1) is 0 Å². The average Bonchev–Trinajstić information content (AvgIpc) is 3.04. The Morgan fingerprint density at radius 1 is 1.13 bits per heavy atom. The smallest absolute Gasteiger partial charge is 0.278 e. The number of para-hydroxylation sites is 1. The molecule has 1 aromatic heterocycles. The van der Waals surface area contributed by atoms with Gasteiger partial charge in [0.1, 0.15) is 18.1 Å². The Labute approximate surface area is 171 Å². The van der Waals surface area contributed by atoms with Gasteiger partial charge in [-0.1, -0.05) is 24.3 Å². The number of carbonyl (C=O) groups is 2. The summed E-state index contributed by atoms with van der Waals surface area (Å²) in [6.07, 6.45) is 0.734. The minimum Gasteiger partial charge on any atom is -0.324 e. The number of rotatable bonds is 4. The summed E-state index contributed by atoms with van der Waals surface area (Å²) in [6, 6.07) is 15.6. The summed E-state index contributed by atoms with van der Waals surface area (Å²) in [7, 11) is 0. The van der Waals surface area contributed by atoms with Gasteiger partial charge in [0.05, 0.1) is 0 Å². The van der Waals surface area contributed by atoms with Crippen molar-refractivity contribution in [2.45, 2.75) is 25.9 Å². The van der Waals surface area contributed by atoms with Crippen molar-refractivity contribution in [2.24, 2.45) is 0 Å². The summed E-state index contributed by atoms with van der Waals surface area (Å²) in [6.45, 7) is 1.54. The standard InChI is InChI=1S/C22H19FN4O3/c1-14-11-15-5-2-3-8-19(15)27(14)22(30)18-9-10-21(29)26(25-18)13-20(28)24-17-7-4-6-16(23)12-17/h2-10,12,14H,11,13H2,1H3,(H,24,28)/t14-/m0/s1. The van der Waals surface area contributed by atoms with Crippen LogP contribution in [0, 0.1) is 5.82 Å². The number of nitrogens with zero attached hydrogens (tertiary/aromatic N) is 3. The zero-order valence-corrected chi connectivity index (χ0v) is 16.2. The average molecular weight is 406 g/mol. The molecule has 2 heterocycles. The molecular formula is C22H19FN4O3. The van der Waals surface area contributed by atoms with Crippen LogP contribution in [0.25, 0.3) is 0 Å². The van der Waals surface area contributed by atoms with E-state index >= 15 is 0 Å². The summed E-state index contributed by atoms with van der Waals surface area (Å²) in [5, 5.41) is 6.61. The van der Waals surface area contributed by atoms with Gasteiger partial charge in [-0.25, -0.2) is 9.07 Å². The third kappa shape index (κ3) is 3.84. The molecule has 0 saturated heterocycles. The van der Waals surface area contributed by atoms with Gasteiger partial charge in [-0.2, -0.15) is 5.10 Å². The van der Waals surface area contributed by atoms with Gasteiger partial charge in [0.25, 0.3) is 11.5 Å². The van der Waals surface area contributed by atoms with Crippen molar-refractivity contribution in [2.75, 3.05) is 10.2 Å². The monoisotopic (exact) mass is 406 g/mol. The molecule has 1 N–H and O–H groups in total. The molecule has 0 radical (unpaired) electrons. The second-order valence-corrected chi connectivity index (χ2v) is 7.13. The van der Waals surface area contributed by atoms with Gasteiger partial charge in [0.15, 0.2) is 0 Å². The Kier molecular flexibility index (Phi) is 5.14. The molecule has 30 heavy (non-hydrogen) atoms.